The van der Waals surface area contributed by atoms with Crippen LogP contribution in [0.1, 0.15) is 32.3 Å². The zero-order chi connectivity index (χ0) is 14.3. The van der Waals surface area contributed by atoms with Gasteiger partial charge in [0.1, 0.15) is 10.4 Å². The highest BCUT2D eigenvalue weighted by Gasteiger charge is 2.05. The molecule has 5 heteroatoms. The zero-order valence-electron chi connectivity index (χ0n) is 11.2. The lowest BCUT2D eigenvalue weighted by molar-refractivity contribution is 1.02. The van der Waals surface area contributed by atoms with E-state index in [-0.39, 0.29) is 5.92 Å². The Morgan fingerprint density at radius 1 is 1.37 bits per heavy atom. The number of thiocyanates is 1. The number of nitriles is 1. The van der Waals surface area contributed by atoms with E-state index in [0.717, 1.165) is 28.4 Å². The third-order valence-electron chi connectivity index (χ3n) is 2.46. The third-order valence-corrected chi connectivity index (χ3v) is 2.99. The molecular weight excluding hydrogens is 256 g/mol. The minimum atomic E-state index is 0.0287. The normalized spacial score (nSPS) is 11.1. The van der Waals surface area contributed by atoms with Gasteiger partial charge in [0, 0.05) is 30.1 Å². The molecule has 4 nitrogen and oxygen atoms in total. The van der Waals surface area contributed by atoms with E-state index in [2.05, 4.69) is 9.97 Å². The van der Waals surface area contributed by atoms with Gasteiger partial charge in [-0.2, -0.15) is 5.26 Å². The van der Waals surface area contributed by atoms with Gasteiger partial charge in [-0.05, 0) is 23.8 Å². The molecule has 2 aromatic rings. The van der Waals surface area contributed by atoms with Crippen LogP contribution in [-0.4, -0.2) is 16.2 Å². The van der Waals surface area contributed by atoms with Crippen LogP contribution in [0.4, 0.5) is 0 Å². The Morgan fingerprint density at radius 3 is 2.74 bits per heavy atom. The maximum atomic E-state index is 8.60. The largest absolute Gasteiger partial charge is 0.312 e. The summed E-state index contributed by atoms with van der Waals surface area (Å²) in [6.07, 6.45) is 3.13. The lowest BCUT2D eigenvalue weighted by Gasteiger charge is -2.06. The van der Waals surface area contributed by atoms with E-state index < -0.39 is 0 Å². The molecule has 0 bridgehead atoms. The molecule has 1 unspecified atom stereocenters. The number of pyridine rings is 2. The van der Waals surface area contributed by atoms with Crippen molar-refractivity contribution in [2.75, 3.05) is 0 Å². The maximum absolute atomic E-state index is 8.60. The average molecular weight is 272 g/mol. The molecular formula is C14H16N4S. The van der Waals surface area contributed by atoms with Gasteiger partial charge in [-0.1, -0.05) is 20.8 Å². The number of fused-ring (bicyclic) bond motifs is 1. The molecule has 0 aliphatic rings. The predicted octanol–water partition coefficient (Wildman–Crippen LogP) is 3.98. The Labute approximate surface area is 117 Å². The molecule has 0 radical (unpaired) electrons. The van der Waals surface area contributed by atoms with Gasteiger partial charge in [0.25, 0.3) is 0 Å². The molecule has 0 saturated carbocycles. The molecule has 0 aliphatic carbocycles. The first-order chi connectivity index (χ1) is 9.24. The van der Waals surface area contributed by atoms with E-state index in [4.69, 9.17) is 10.7 Å². The molecule has 0 fully saturated rings. The first-order valence-electron chi connectivity index (χ1n) is 6.08. The lowest BCUT2D eigenvalue weighted by Crippen LogP contribution is -1.96. The van der Waals surface area contributed by atoms with E-state index in [1.807, 2.05) is 38.3 Å². The van der Waals surface area contributed by atoms with Gasteiger partial charge in [-0.25, -0.2) is 4.98 Å². The molecule has 2 heterocycles. The van der Waals surface area contributed by atoms with Crippen molar-refractivity contribution in [1.82, 2.24) is 9.97 Å². The molecule has 0 saturated heterocycles. The van der Waals surface area contributed by atoms with E-state index >= 15 is 0 Å². The molecule has 98 valence electrons. The van der Waals surface area contributed by atoms with Crippen molar-refractivity contribution in [3.63, 3.8) is 0 Å². The summed E-state index contributed by atoms with van der Waals surface area (Å²) in [6.45, 7) is 5.93. The number of nitrogens with zero attached hydrogens (tertiary/aromatic N) is 3. The summed E-state index contributed by atoms with van der Waals surface area (Å²) in [5.74, 6) is 0.0287. The SMILES string of the molecule is CC.CC(C=N)c1cnc2ccc(SC#N)nc2c1. The number of hydrogen-bond donors (Lipinski definition) is 1. The molecule has 0 aliphatic heterocycles. The number of aromatic nitrogens is 2. The van der Waals surface area contributed by atoms with Gasteiger partial charge in [-0.3, -0.25) is 4.98 Å². The quantitative estimate of drug-likeness (QED) is 0.521. The first kappa shape index (κ1) is 15.1. The van der Waals surface area contributed by atoms with Crippen LogP contribution in [0.3, 0.4) is 0 Å². The van der Waals surface area contributed by atoms with Crippen molar-refractivity contribution < 1.29 is 0 Å². The second-order valence-corrected chi connectivity index (χ2v) is 4.41. The highest BCUT2D eigenvalue weighted by Crippen LogP contribution is 2.20. The fourth-order valence-corrected chi connectivity index (χ4v) is 1.83. The van der Waals surface area contributed by atoms with Crippen LogP contribution in [0, 0.1) is 16.1 Å². The first-order valence-corrected chi connectivity index (χ1v) is 6.89. The molecule has 2 aromatic heterocycles. The van der Waals surface area contributed by atoms with Crippen LogP contribution >= 0.6 is 11.8 Å². The third kappa shape index (κ3) is 3.76. The molecule has 1 atom stereocenters. The number of thioether (sulfide) groups is 1. The summed E-state index contributed by atoms with van der Waals surface area (Å²) < 4.78 is 0. The lowest BCUT2D eigenvalue weighted by atomic mass is 10.0. The second kappa shape index (κ2) is 7.49. The maximum Gasteiger partial charge on any atom is 0.140 e. The summed E-state index contributed by atoms with van der Waals surface area (Å²) in [7, 11) is 0. The Morgan fingerprint density at radius 2 is 2.11 bits per heavy atom. The second-order valence-electron chi connectivity index (χ2n) is 3.61. The topological polar surface area (TPSA) is 73.4 Å². The Hall–Kier alpha value is -1.93. The van der Waals surface area contributed by atoms with Gasteiger partial charge >= 0.3 is 0 Å². The van der Waals surface area contributed by atoms with Gasteiger partial charge in [-0.15, -0.1) is 0 Å². The number of rotatable bonds is 3. The van der Waals surface area contributed by atoms with Crippen molar-refractivity contribution in [2.45, 2.75) is 31.7 Å². The summed E-state index contributed by atoms with van der Waals surface area (Å²) in [4.78, 5) is 8.64. The average Bonchev–Trinajstić information content (AvgIpc) is 2.48. The highest BCUT2D eigenvalue weighted by molar-refractivity contribution is 8.03. The predicted molar refractivity (Wildman–Crippen MR) is 79.6 cm³/mol. The molecule has 0 amide bonds. The van der Waals surface area contributed by atoms with Crippen molar-refractivity contribution in [1.29, 1.82) is 10.7 Å². The van der Waals surface area contributed by atoms with E-state index in [0.29, 0.717) is 5.03 Å². The van der Waals surface area contributed by atoms with Crippen LogP contribution in [0.25, 0.3) is 11.0 Å². The monoisotopic (exact) mass is 272 g/mol. The molecule has 1 N–H and O–H groups in total. The zero-order valence-corrected chi connectivity index (χ0v) is 12.0. The van der Waals surface area contributed by atoms with Crippen molar-refractivity contribution in [3.05, 3.63) is 30.0 Å². The molecule has 0 aromatic carbocycles. The molecule has 2 rings (SSSR count). The van der Waals surface area contributed by atoms with E-state index in [1.165, 1.54) is 6.21 Å². The standard InChI is InChI=1S/C12H10N4S.C2H6/c1-8(5-13)9-4-11-10(15-6-9)2-3-12(16-11)17-7-14;1-2/h2-6,8,13H,1H3;1-2H3. The van der Waals surface area contributed by atoms with Crippen molar-refractivity contribution in [3.8, 4) is 5.40 Å². The van der Waals surface area contributed by atoms with E-state index in [1.54, 1.807) is 12.3 Å². The Bertz CT molecular complexity index is 604. The van der Waals surface area contributed by atoms with Crippen molar-refractivity contribution >= 4 is 29.0 Å². The molecule has 19 heavy (non-hydrogen) atoms. The number of nitrogens with one attached hydrogen (secondary N) is 1. The minimum Gasteiger partial charge on any atom is -0.312 e. The fourth-order valence-electron chi connectivity index (χ4n) is 1.45. The van der Waals surface area contributed by atoms with Crippen LogP contribution in [0.15, 0.2) is 29.4 Å². The smallest absolute Gasteiger partial charge is 0.140 e. The van der Waals surface area contributed by atoms with Crippen LogP contribution in [0.5, 0.6) is 0 Å². The van der Waals surface area contributed by atoms with Gasteiger partial charge in [0.15, 0.2) is 0 Å². The highest BCUT2D eigenvalue weighted by atomic mass is 32.2. The van der Waals surface area contributed by atoms with Crippen LogP contribution < -0.4 is 0 Å². The van der Waals surface area contributed by atoms with Gasteiger partial charge in [0.2, 0.25) is 0 Å². The number of hydrogen-bond acceptors (Lipinski definition) is 5. The van der Waals surface area contributed by atoms with Gasteiger partial charge < -0.3 is 5.41 Å². The Balaban J connectivity index is 0.000000861. The van der Waals surface area contributed by atoms with Crippen LogP contribution in [0.2, 0.25) is 0 Å². The minimum absolute atomic E-state index is 0.0287. The summed E-state index contributed by atoms with van der Waals surface area (Å²) in [6, 6.07) is 5.54. The van der Waals surface area contributed by atoms with E-state index in [9.17, 15) is 0 Å². The summed E-state index contributed by atoms with van der Waals surface area (Å²) >= 11 is 1.03. The van der Waals surface area contributed by atoms with Crippen LogP contribution in [-0.2, 0) is 0 Å². The van der Waals surface area contributed by atoms with Crippen molar-refractivity contribution in [2.24, 2.45) is 0 Å². The fraction of sp³-hybridized carbons (Fsp3) is 0.286. The summed E-state index contributed by atoms with van der Waals surface area (Å²) in [5.41, 5.74) is 2.52. The summed E-state index contributed by atoms with van der Waals surface area (Å²) in [5, 5.41) is 18.5. The van der Waals surface area contributed by atoms with Gasteiger partial charge in [0.05, 0.1) is 11.0 Å². The Kier molecular flexibility index (Phi) is 5.97. The molecule has 0 spiro atoms.